The molecule has 31 nitrogen and oxygen atoms in total. The minimum Gasteiger partial charge on any atom is -0.504 e. The highest BCUT2D eigenvalue weighted by molar-refractivity contribution is 7.90. The van der Waals surface area contributed by atoms with E-state index < -0.39 is 164 Å². The number of β-amino-alcohol motifs (C(OH)–C–C–N with tert-alkyl or cyclic N) is 1. The lowest BCUT2D eigenvalue weighted by Gasteiger charge is -2.36. The number of carbonyl (C=O) groups excluding carboxylic acids is 8. The van der Waals surface area contributed by atoms with Gasteiger partial charge in [-0.25, -0.2) is 10.1 Å². The summed E-state index contributed by atoms with van der Waals surface area (Å²) in [4.78, 5) is 117. The standard InChI is InChI=1S/C59H76N10O21S2/c1-30-28-69-48(49(30)75)54(80)61-27-36(71)25-39(62-50(76)33-10-12-34(13-11-33)55-66-67-56(91-55)35-14-16-38(17-15-35)86-22-8-6-4-5-7-21-85-3)51(77)63-45(31(2)70)57(81)68-29-37(72)26-40(68)52(78)64-46(53(79)65-47(58(69)82)43-19-20-60-59(83)87-43)42(74)23-32-9-18-41(73)44(24-32)88-92-90-89-84/h9-18,24,30-31,36-37,39-40,42-43,45-49,70-75,84H,4-8,19-23,25-29H2,1-3H3,(H,60,83)(H,61,80)(H,62,76)(H,63,77)(H,64,78)(H,65,79)/t30-,31+,36+,37+,39+,40+,42-,43+,45+,46+,47+,48+,49+/m1/s1. The third-order valence-electron chi connectivity index (χ3n) is 16.0. The number of unbranched alkanes of at least 4 members (excludes halogenated alkanes) is 4. The van der Waals surface area contributed by atoms with Crippen molar-refractivity contribution in [3.8, 4) is 38.4 Å². The summed E-state index contributed by atoms with van der Waals surface area (Å²) in [6, 6.07) is 6.10. The summed E-state index contributed by atoms with van der Waals surface area (Å²) in [5.41, 5.74) is 1.54. The second kappa shape index (κ2) is 33.1. The van der Waals surface area contributed by atoms with Crippen LogP contribution in [0.3, 0.4) is 0 Å². The predicted octanol–water partition coefficient (Wildman–Crippen LogP) is 0.00270. The Morgan fingerprint density at radius 2 is 1.46 bits per heavy atom. The topological polar surface area (TPSA) is 438 Å². The number of fused-ring (bicyclic) bond motifs is 2. The van der Waals surface area contributed by atoms with E-state index in [0.717, 1.165) is 72.8 Å². The molecule has 92 heavy (non-hydrogen) atoms. The molecule has 0 spiro atoms. The number of cyclic esters (lactones) is 1. The lowest BCUT2D eigenvalue weighted by Crippen LogP contribution is -2.65. The molecule has 0 unspecified atom stereocenters. The van der Waals surface area contributed by atoms with Crippen LogP contribution in [0.5, 0.6) is 17.2 Å². The van der Waals surface area contributed by atoms with Gasteiger partial charge in [-0.2, -0.15) is 0 Å². The van der Waals surface area contributed by atoms with E-state index in [1.54, 1.807) is 19.2 Å². The van der Waals surface area contributed by atoms with Crippen LogP contribution in [-0.4, -0.2) is 223 Å². The number of amides is 8. The van der Waals surface area contributed by atoms with Crippen LogP contribution >= 0.6 is 23.7 Å². The summed E-state index contributed by atoms with van der Waals surface area (Å²) in [6.07, 6.45) is -7.50. The van der Waals surface area contributed by atoms with Crippen molar-refractivity contribution in [2.45, 2.75) is 145 Å². The van der Waals surface area contributed by atoms with Crippen LogP contribution in [-0.2, 0) is 54.0 Å². The smallest absolute Gasteiger partial charge is 0.407 e. The second-order valence-electron chi connectivity index (χ2n) is 22.8. The van der Waals surface area contributed by atoms with Crippen LogP contribution in [0, 0.1) is 5.92 Å². The Kier molecular flexibility index (Phi) is 25.2. The number of nitrogens with one attached hydrogen (secondary N) is 6. The molecule has 4 aliphatic rings. The first-order valence-electron chi connectivity index (χ1n) is 29.9. The van der Waals surface area contributed by atoms with Gasteiger partial charge in [-0.1, -0.05) is 65.1 Å². The van der Waals surface area contributed by atoms with Crippen LogP contribution in [0.4, 0.5) is 4.79 Å². The Balaban J connectivity index is 1.05. The van der Waals surface area contributed by atoms with E-state index in [4.69, 9.17) is 23.7 Å². The number of carbonyl (C=O) groups is 8. The minimum atomic E-state index is -2.11. The van der Waals surface area contributed by atoms with Crippen molar-refractivity contribution in [1.29, 1.82) is 0 Å². The van der Waals surface area contributed by atoms with E-state index >= 15 is 0 Å². The number of hydrogen-bond acceptors (Lipinski definition) is 25. The molecule has 33 heteroatoms. The second-order valence-corrected chi connectivity index (χ2v) is 24.2. The number of aliphatic hydroxyl groups is 5. The minimum absolute atomic E-state index is 0.0186. The highest BCUT2D eigenvalue weighted by Gasteiger charge is 2.51. The number of aromatic hydroxyl groups is 1. The maximum Gasteiger partial charge on any atom is 0.407 e. The van der Waals surface area contributed by atoms with Crippen molar-refractivity contribution < 1.29 is 102 Å². The van der Waals surface area contributed by atoms with E-state index in [0.29, 0.717) is 22.2 Å². The molecule has 5 heterocycles. The van der Waals surface area contributed by atoms with Gasteiger partial charge in [-0.3, -0.25) is 33.6 Å². The molecule has 500 valence electrons. The van der Waals surface area contributed by atoms with Gasteiger partial charge in [0.05, 0.1) is 37.1 Å². The van der Waals surface area contributed by atoms with Gasteiger partial charge < -0.3 is 90.7 Å². The van der Waals surface area contributed by atoms with Crippen molar-refractivity contribution in [2.75, 3.05) is 46.5 Å². The van der Waals surface area contributed by atoms with Crippen LogP contribution < -0.4 is 40.8 Å². The number of aromatic nitrogens is 2. The fourth-order valence-electron chi connectivity index (χ4n) is 11.1. The maximum absolute atomic E-state index is 15.0. The number of aliphatic hydroxyl groups excluding tert-OH is 5. The average Bonchev–Trinajstić information content (AvgIpc) is 1.61. The molecule has 0 saturated carbocycles. The lowest BCUT2D eigenvalue weighted by atomic mass is 9.98. The highest BCUT2D eigenvalue weighted by atomic mass is 32.2. The summed E-state index contributed by atoms with van der Waals surface area (Å²) < 4.78 is 25.9. The van der Waals surface area contributed by atoms with E-state index in [-0.39, 0.29) is 48.7 Å². The van der Waals surface area contributed by atoms with Crippen LogP contribution in [0.1, 0.15) is 81.1 Å². The Labute approximate surface area is 536 Å². The van der Waals surface area contributed by atoms with Crippen molar-refractivity contribution in [1.82, 2.24) is 51.9 Å². The van der Waals surface area contributed by atoms with E-state index in [1.165, 1.54) is 42.5 Å². The first kappa shape index (κ1) is 70.0. The molecule has 4 fully saturated rings. The number of nitrogens with zero attached hydrogens (tertiary/aromatic N) is 4. The normalized spacial score (nSPS) is 26.0. The van der Waals surface area contributed by atoms with Crippen LogP contribution in [0.15, 0.2) is 66.7 Å². The molecule has 8 amide bonds. The largest absolute Gasteiger partial charge is 0.504 e. The zero-order chi connectivity index (χ0) is 66.2. The van der Waals surface area contributed by atoms with Crippen LogP contribution in [0.2, 0.25) is 0 Å². The third-order valence-corrected chi connectivity index (χ3v) is 17.4. The average molecular weight is 1330 g/mol. The molecule has 3 aromatic carbocycles. The molecule has 13 N–H and O–H groups in total. The van der Waals surface area contributed by atoms with Crippen molar-refractivity contribution in [3.63, 3.8) is 0 Å². The summed E-state index contributed by atoms with van der Waals surface area (Å²) >= 11 is 1.38. The molecule has 4 saturated heterocycles. The van der Waals surface area contributed by atoms with Crippen LogP contribution in [0.25, 0.3) is 21.1 Å². The summed E-state index contributed by atoms with van der Waals surface area (Å²) in [7, 11) is 1.70. The van der Waals surface area contributed by atoms with E-state index in [2.05, 4.69) is 51.5 Å². The molecule has 0 radical (unpaired) electrons. The number of phenols is 1. The van der Waals surface area contributed by atoms with Gasteiger partial charge in [0.1, 0.15) is 58.1 Å². The van der Waals surface area contributed by atoms with E-state index in [1.807, 2.05) is 24.3 Å². The van der Waals surface area contributed by atoms with Gasteiger partial charge in [-0.15, -0.1) is 10.2 Å². The Hall–Kier alpha value is -7.83. The number of phenolic OH excluding ortho intramolecular Hbond substituents is 1. The first-order chi connectivity index (χ1) is 44.1. The van der Waals surface area contributed by atoms with Gasteiger partial charge in [0, 0.05) is 88.2 Å². The molecular weight excluding hydrogens is 1250 g/mol. The third kappa shape index (κ3) is 18.3. The Morgan fingerprint density at radius 1 is 0.783 bits per heavy atom. The van der Waals surface area contributed by atoms with Crippen molar-refractivity contribution >= 4 is 71.1 Å². The Bertz CT molecular complexity index is 3200. The summed E-state index contributed by atoms with van der Waals surface area (Å²) in [5, 5.41) is 104. The number of ether oxygens (including phenoxy) is 3. The highest BCUT2D eigenvalue weighted by Crippen LogP contribution is 2.34. The first-order valence-corrected chi connectivity index (χ1v) is 31.4. The van der Waals surface area contributed by atoms with Gasteiger partial charge in [0.2, 0.25) is 35.4 Å². The molecule has 0 aliphatic carbocycles. The van der Waals surface area contributed by atoms with Gasteiger partial charge in [0.15, 0.2) is 11.5 Å². The predicted molar refractivity (Wildman–Crippen MR) is 324 cm³/mol. The molecule has 4 aliphatic heterocycles. The lowest BCUT2D eigenvalue weighted by molar-refractivity contribution is -0.433. The number of benzene rings is 3. The quantitative estimate of drug-likeness (QED) is 0.0213. The molecule has 4 aromatic rings. The summed E-state index contributed by atoms with van der Waals surface area (Å²) in [6.45, 7) is 2.37. The monoisotopic (exact) mass is 1320 g/mol. The number of alkyl carbamates (subject to hydrolysis) is 1. The van der Waals surface area contributed by atoms with Gasteiger partial charge in [-0.05, 0) is 73.9 Å². The molecular formula is C59H76N10O21S2. The van der Waals surface area contributed by atoms with Gasteiger partial charge in [0.25, 0.3) is 18.2 Å². The Morgan fingerprint density at radius 3 is 2.13 bits per heavy atom. The molecule has 1 aromatic heterocycles. The summed E-state index contributed by atoms with van der Waals surface area (Å²) in [5.74, 6) is -8.55. The zero-order valence-corrected chi connectivity index (χ0v) is 52.0. The number of methoxy groups -OCH3 is 1. The maximum atomic E-state index is 15.0. The zero-order valence-electron chi connectivity index (χ0n) is 50.4. The van der Waals surface area contributed by atoms with Crippen molar-refractivity contribution in [2.24, 2.45) is 5.92 Å². The number of rotatable bonds is 22. The fraction of sp³-hybridized carbons (Fsp3) is 0.525. The fourth-order valence-corrected chi connectivity index (χ4v) is 12.2. The SMILES string of the molecule is COCCCCCCCOc1ccc(-c2nnc(-c3ccc(C(=O)N[C@H]4C[C@H](O)CNC(=O)[C@@H]5[C@@H](O)[C@H](C)CN5C(=O)[C@H]([C@@H]5CCNC(=O)O5)NC(=O)[C@H]([C@H](O)Cc5ccc(O)c(OSOOO)c5)NC(=O)[C@@H]5C[C@H](O)CN5C(=O)[C@H]([C@H](C)O)NC4=O)cc3)s2)cc1. The van der Waals surface area contributed by atoms with E-state index in [9.17, 15) is 69.0 Å². The molecule has 13 atom stereocenters. The number of hydrogen-bond donors (Lipinski definition) is 13. The molecule has 8 rings (SSSR count). The van der Waals surface area contributed by atoms with Crippen molar-refractivity contribution in [3.05, 3.63) is 77.9 Å². The molecule has 0 bridgehead atoms. The van der Waals surface area contributed by atoms with Gasteiger partial charge >= 0.3 is 6.09 Å².